The molecule has 2 rings (SSSR count). The Balaban J connectivity index is 2.21. The van der Waals surface area contributed by atoms with E-state index in [0.29, 0.717) is 3.57 Å². The first-order chi connectivity index (χ1) is 13.0. The molecular weight excluding hydrogens is 570 g/mol. The number of halogens is 7. The van der Waals surface area contributed by atoms with E-state index in [1.54, 1.807) is 11.5 Å². The Bertz CT molecular complexity index is 882. The number of carbonyl (C=O) groups excluding carboxylic acids is 1. The molecule has 1 unspecified atom stereocenters. The highest BCUT2D eigenvalue weighted by molar-refractivity contribution is 14.1. The molecule has 28 heavy (non-hydrogen) atoms. The van der Waals surface area contributed by atoms with Crippen LogP contribution in [0.25, 0.3) is 0 Å². The Morgan fingerprint density at radius 2 is 1.86 bits per heavy atom. The third-order valence-corrected chi connectivity index (χ3v) is 4.57. The normalized spacial score (nSPS) is 12.6. The highest BCUT2D eigenvalue weighted by Crippen LogP contribution is 2.29. The van der Waals surface area contributed by atoms with E-state index in [2.05, 4.69) is 26.1 Å². The molecule has 2 aromatic rings. The van der Waals surface area contributed by atoms with E-state index >= 15 is 0 Å². The summed E-state index contributed by atoms with van der Waals surface area (Å²) >= 11 is 4.78. The van der Waals surface area contributed by atoms with Crippen molar-refractivity contribution in [1.82, 2.24) is 5.48 Å². The number of anilines is 2. The fraction of sp³-hybridized carbons (Fsp3) is 0.188. The van der Waals surface area contributed by atoms with Gasteiger partial charge in [0.1, 0.15) is 18.2 Å². The second-order valence-electron chi connectivity index (χ2n) is 5.36. The number of hydroxylamine groups is 1. The van der Waals surface area contributed by atoms with Gasteiger partial charge in [-0.2, -0.15) is 13.2 Å². The van der Waals surface area contributed by atoms with Crippen molar-refractivity contribution in [3.05, 3.63) is 55.6 Å². The van der Waals surface area contributed by atoms with Gasteiger partial charge in [0, 0.05) is 3.57 Å². The quantitative estimate of drug-likeness (QED) is 0.264. The fourth-order valence-corrected chi connectivity index (χ4v) is 2.71. The number of carbonyl (C=O) groups is 1. The zero-order valence-corrected chi connectivity index (χ0v) is 17.3. The first kappa shape index (κ1) is 22.8. The second kappa shape index (κ2) is 9.33. The molecule has 0 aliphatic carbocycles. The maximum absolute atomic E-state index is 14.0. The van der Waals surface area contributed by atoms with E-state index in [-0.39, 0.29) is 21.4 Å². The highest BCUT2D eigenvalue weighted by Gasteiger charge is 2.38. The summed E-state index contributed by atoms with van der Waals surface area (Å²) in [5.41, 5.74) is 1.27. The standard InChI is InChI=1S/C16H11BrF5IN2O3/c17-9-4-8(15(27)25-28-6-14(26)16(20,21)22)13(5-10(9)18)24-12-2-1-7(23)3-11(12)19/h1-5,14,24,26H,6H2,(H,25,27). The van der Waals surface area contributed by atoms with Gasteiger partial charge in [-0.25, -0.2) is 14.3 Å². The molecule has 12 heteroatoms. The Morgan fingerprint density at radius 3 is 2.46 bits per heavy atom. The van der Waals surface area contributed by atoms with Crippen molar-refractivity contribution in [3.8, 4) is 0 Å². The predicted octanol–water partition coefficient (Wildman–Crippen LogP) is 4.66. The summed E-state index contributed by atoms with van der Waals surface area (Å²) in [4.78, 5) is 16.6. The van der Waals surface area contributed by atoms with Crippen LogP contribution in [0.3, 0.4) is 0 Å². The van der Waals surface area contributed by atoms with Gasteiger partial charge in [-0.15, -0.1) is 0 Å². The molecule has 0 aliphatic heterocycles. The highest BCUT2D eigenvalue weighted by atomic mass is 127. The van der Waals surface area contributed by atoms with Gasteiger partial charge < -0.3 is 10.4 Å². The molecule has 1 atom stereocenters. The number of benzene rings is 2. The summed E-state index contributed by atoms with van der Waals surface area (Å²) < 4.78 is 65.1. The van der Waals surface area contributed by atoms with Gasteiger partial charge in [0.15, 0.2) is 6.10 Å². The molecule has 5 nitrogen and oxygen atoms in total. The Kier molecular flexibility index (Phi) is 7.59. The molecule has 1 amide bonds. The molecule has 0 aliphatic rings. The smallest absolute Gasteiger partial charge is 0.381 e. The number of amides is 1. The summed E-state index contributed by atoms with van der Waals surface area (Å²) in [6.45, 7) is -1.24. The zero-order valence-electron chi connectivity index (χ0n) is 13.6. The van der Waals surface area contributed by atoms with E-state index < -0.39 is 36.4 Å². The molecule has 0 spiro atoms. The maximum Gasteiger partial charge on any atom is 0.416 e. The number of aliphatic hydroxyl groups is 1. The van der Waals surface area contributed by atoms with Crippen LogP contribution in [0.4, 0.5) is 33.3 Å². The second-order valence-corrected chi connectivity index (χ2v) is 7.46. The average Bonchev–Trinajstić information content (AvgIpc) is 2.59. The van der Waals surface area contributed by atoms with Gasteiger partial charge in [0.05, 0.1) is 21.4 Å². The molecule has 3 N–H and O–H groups in total. The van der Waals surface area contributed by atoms with E-state index in [0.717, 1.165) is 12.1 Å². The summed E-state index contributed by atoms with van der Waals surface area (Å²) in [5.74, 6) is -2.46. The van der Waals surface area contributed by atoms with Crippen molar-refractivity contribution in [1.29, 1.82) is 0 Å². The molecule has 0 saturated carbocycles. The molecule has 0 bridgehead atoms. The van der Waals surface area contributed by atoms with Gasteiger partial charge in [0.2, 0.25) is 0 Å². The van der Waals surface area contributed by atoms with Crippen LogP contribution in [0.15, 0.2) is 34.8 Å². The first-order valence-electron chi connectivity index (χ1n) is 7.37. The summed E-state index contributed by atoms with van der Waals surface area (Å²) in [6, 6.07) is 6.10. The SMILES string of the molecule is O=C(NOCC(O)C(F)(F)F)c1cc(Br)c(F)cc1Nc1ccc(I)cc1F. The molecule has 0 radical (unpaired) electrons. The van der Waals surface area contributed by atoms with Crippen molar-refractivity contribution in [2.45, 2.75) is 12.3 Å². The topological polar surface area (TPSA) is 70.6 Å². The number of aliphatic hydroxyl groups excluding tert-OH is 1. The number of hydrogen-bond donors (Lipinski definition) is 3. The third kappa shape index (κ3) is 5.99. The zero-order chi connectivity index (χ0) is 21.1. The lowest BCUT2D eigenvalue weighted by Gasteiger charge is -2.16. The van der Waals surface area contributed by atoms with Gasteiger partial charge >= 0.3 is 6.18 Å². The van der Waals surface area contributed by atoms with Crippen molar-refractivity contribution >= 4 is 55.8 Å². The van der Waals surface area contributed by atoms with Gasteiger partial charge in [-0.05, 0) is 68.9 Å². The van der Waals surface area contributed by atoms with Crippen LogP contribution >= 0.6 is 38.5 Å². The minimum absolute atomic E-state index is 0.0513. The van der Waals surface area contributed by atoms with Gasteiger partial charge in [0.25, 0.3) is 5.91 Å². The number of nitrogens with one attached hydrogen (secondary N) is 2. The lowest BCUT2D eigenvalue weighted by Crippen LogP contribution is -2.36. The minimum atomic E-state index is -4.92. The summed E-state index contributed by atoms with van der Waals surface area (Å²) in [7, 11) is 0. The summed E-state index contributed by atoms with van der Waals surface area (Å²) in [6.07, 6.45) is -7.72. The Labute approximate surface area is 177 Å². The number of alkyl halides is 3. The van der Waals surface area contributed by atoms with Crippen LogP contribution in [0.5, 0.6) is 0 Å². The molecule has 152 valence electrons. The number of rotatable bonds is 6. The molecule has 0 heterocycles. The lowest BCUT2D eigenvalue weighted by molar-refractivity contribution is -0.221. The van der Waals surface area contributed by atoms with Crippen LogP contribution < -0.4 is 10.8 Å². The van der Waals surface area contributed by atoms with Crippen molar-refractivity contribution in [2.75, 3.05) is 11.9 Å². The largest absolute Gasteiger partial charge is 0.416 e. The fourth-order valence-electron chi connectivity index (χ4n) is 1.91. The van der Waals surface area contributed by atoms with Gasteiger partial charge in [-0.1, -0.05) is 0 Å². The van der Waals surface area contributed by atoms with E-state index in [9.17, 15) is 26.7 Å². The van der Waals surface area contributed by atoms with E-state index in [4.69, 9.17) is 5.11 Å². The van der Waals surface area contributed by atoms with Gasteiger partial charge in [-0.3, -0.25) is 9.63 Å². The van der Waals surface area contributed by atoms with Crippen LogP contribution in [0.2, 0.25) is 0 Å². The lowest BCUT2D eigenvalue weighted by atomic mass is 10.1. The Hall–Kier alpha value is -1.51. The van der Waals surface area contributed by atoms with Crippen LogP contribution in [-0.4, -0.2) is 29.9 Å². The third-order valence-electron chi connectivity index (χ3n) is 3.29. The van der Waals surface area contributed by atoms with E-state index in [1.165, 1.54) is 12.1 Å². The van der Waals surface area contributed by atoms with Crippen LogP contribution in [-0.2, 0) is 4.84 Å². The maximum atomic E-state index is 14.0. The Morgan fingerprint density at radius 1 is 1.18 bits per heavy atom. The van der Waals surface area contributed by atoms with E-state index in [1.807, 2.05) is 22.6 Å². The molecule has 0 aromatic heterocycles. The van der Waals surface area contributed by atoms with Crippen molar-refractivity contribution < 1.29 is 36.7 Å². The van der Waals surface area contributed by atoms with Crippen molar-refractivity contribution in [3.63, 3.8) is 0 Å². The minimum Gasteiger partial charge on any atom is -0.381 e. The summed E-state index contributed by atoms with van der Waals surface area (Å²) in [5, 5.41) is 11.4. The first-order valence-corrected chi connectivity index (χ1v) is 9.24. The molecule has 2 aromatic carbocycles. The number of hydrogen-bond acceptors (Lipinski definition) is 4. The van der Waals surface area contributed by atoms with Crippen molar-refractivity contribution in [2.24, 2.45) is 0 Å². The monoisotopic (exact) mass is 580 g/mol. The molecule has 0 fully saturated rings. The van der Waals surface area contributed by atoms with Crippen LogP contribution in [0.1, 0.15) is 10.4 Å². The van der Waals surface area contributed by atoms with Crippen LogP contribution in [0, 0.1) is 15.2 Å². The average molecular weight is 581 g/mol. The molecular formula is C16H11BrF5IN2O3. The predicted molar refractivity (Wildman–Crippen MR) is 102 cm³/mol. The molecule has 0 saturated heterocycles.